The van der Waals surface area contributed by atoms with Crippen LogP contribution in [0.25, 0.3) is 0 Å². The molecule has 0 radical (unpaired) electrons. The van der Waals surface area contributed by atoms with Crippen LogP contribution in [0.3, 0.4) is 0 Å². The number of aryl methyl sites for hydroxylation is 1. The molecule has 1 rings (SSSR count). The van der Waals surface area contributed by atoms with Gasteiger partial charge in [0, 0.05) is 20.5 Å². The van der Waals surface area contributed by atoms with Gasteiger partial charge < -0.3 is 25.6 Å². The zero-order chi connectivity index (χ0) is 13.2. The molecule has 0 aliphatic carbocycles. The topological polar surface area (TPSA) is 113 Å². The van der Waals surface area contributed by atoms with E-state index in [0.717, 1.165) is 0 Å². The molecule has 8 nitrogen and oxygen atoms in total. The second kappa shape index (κ2) is 4.68. The van der Waals surface area contributed by atoms with Crippen molar-refractivity contribution in [3.05, 3.63) is 15.9 Å². The summed E-state index contributed by atoms with van der Waals surface area (Å²) >= 11 is 0. The Bertz CT molecular complexity index is 427. The maximum atomic E-state index is 10.8. The van der Waals surface area contributed by atoms with Crippen molar-refractivity contribution in [2.45, 2.75) is 19.4 Å². The number of nitrogens with zero attached hydrogens (tertiary/aromatic N) is 3. The lowest BCUT2D eigenvalue weighted by atomic mass is 10.1. The molecule has 8 heteroatoms. The van der Waals surface area contributed by atoms with Crippen molar-refractivity contribution in [3.63, 3.8) is 0 Å². The Kier molecular flexibility index (Phi) is 3.69. The molecule has 1 heterocycles. The van der Waals surface area contributed by atoms with Crippen molar-refractivity contribution in [1.82, 2.24) is 9.55 Å². The zero-order valence-electron chi connectivity index (χ0n) is 9.97. The van der Waals surface area contributed by atoms with Gasteiger partial charge in [-0.15, -0.1) is 0 Å². The third-order valence-electron chi connectivity index (χ3n) is 2.45. The molecule has 0 amide bonds. The average molecular weight is 244 g/mol. The van der Waals surface area contributed by atoms with Gasteiger partial charge in [-0.05, 0) is 16.8 Å². The number of aliphatic hydroxyl groups is 2. The van der Waals surface area contributed by atoms with Crippen LogP contribution in [-0.4, -0.2) is 43.4 Å². The van der Waals surface area contributed by atoms with Gasteiger partial charge in [-0.2, -0.15) is 0 Å². The largest absolute Gasteiger partial charge is 0.406 e. The predicted molar refractivity (Wildman–Crippen MR) is 60.8 cm³/mol. The SMILES string of the molecule is Cc1nc([N+](=O)[O-])c(NCC(C)(O)CO)n1C. The van der Waals surface area contributed by atoms with Crippen LogP contribution in [0.5, 0.6) is 0 Å². The highest BCUT2D eigenvalue weighted by Gasteiger charge is 2.26. The smallest absolute Gasteiger partial charge is 0.393 e. The Hall–Kier alpha value is -1.67. The van der Waals surface area contributed by atoms with Crippen LogP contribution in [0.1, 0.15) is 12.7 Å². The van der Waals surface area contributed by atoms with E-state index in [2.05, 4.69) is 10.3 Å². The van der Waals surface area contributed by atoms with Gasteiger partial charge in [0.05, 0.1) is 6.61 Å². The van der Waals surface area contributed by atoms with Crippen molar-refractivity contribution >= 4 is 11.6 Å². The summed E-state index contributed by atoms with van der Waals surface area (Å²) in [6.45, 7) is 2.62. The van der Waals surface area contributed by atoms with Crippen LogP contribution in [0.2, 0.25) is 0 Å². The van der Waals surface area contributed by atoms with Crippen LogP contribution in [0, 0.1) is 17.0 Å². The first-order valence-corrected chi connectivity index (χ1v) is 5.03. The van der Waals surface area contributed by atoms with Crippen molar-refractivity contribution in [2.75, 3.05) is 18.5 Å². The molecule has 3 N–H and O–H groups in total. The molecule has 17 heavy (non-hydrogen) atoms. The summed E-state index contributed by atoms with van der Waals surface area (Å²) < 4.78 is 1.52. The monoisotopic (exact) mass is 244 g/mol. The number of hydrogen-bond acceptors (Lipinski definition) is 6. The van der Waals surface area contributed by atoms with Crippen LogP contribution in [0.15, 0.2) is 0 Å². The molecule has 0 aliphatic rings. The minimum atomic E-state index is -1.34. The van der Waals surface area contributed by atoms with Gasteiger partial charge in [0.2, 0.25) is 11.6 Å². The Morgan fingerprint density at radius 3 is 2.71 bits per heavy atom. The van der Waals surface area contributed by atoms with E-state index in [1.54, 1.807) is 14.0 Å². The van der Waals surface area contributed by atoms with Gasteiger partial charge >= 0.3 is 5.82 Å². The molecule has 0 saturated carbocycles. The number of rotatable bonds is 5. The first-order valence-electron chi connectivity index (χ1n) is 5.03. The predicted octanol–water partition coefficient (Wildman–Crippen LogP) is -0.208. The molecule has 1 aromatic heterocycles. The van der Waals surface area contributed by atoms with Crippen molar-refractivity contribution in [2.24, 2.45) is 7.05 Å². The second-order valence-corrected chi connectivity index (χ2v) is 4.16. The van der Waals surface area contributed by atoms with Gasteiger partial charge in [0.15, 0.2) is 0 Å². The Morgan fingerprint density at radius 1 is 1.65 bits per heavy atom. The van der Waals surface area contributed by atoms with Gasteiger partial charge in [-0.25, -0.2) is 0 Å². The summed E-state index contributed by atoms with van der Waals surface area (Å²) in [5.41, 5.74) is -1.34. The third kappa shape index (κ3) is 2.92. The van der Waals surface area contributed by atoms with E-state index >= 15 is 0 Å². The standard InChI is InChI=1S/C9H16N4O4/c1-6-11-8(13(16)17)7(12(6)3)10-4-9(2,15)5-14/h10,14-15H,4-5H2,1-3H3. The normalized spacial score (nSPS) is 14.4. The fourth-order valence-electron chi connectivity index (χ4n) is 1.25. The summed E-state index contributed by atoms with van der Waals surface area (Å²) in [6.07, 6.45) is 0. The molecular formula is C9H16N4O4. The van der Waals surface area contributed by atoms with Gasteiger partial charge in [-0.1, -0.05) is 0 Å². The van der Waals surface area contributed by atoms with E-state index in [1.165, 1.54) is 11.5 Å². The van der Waals surface area contributed by atoms with Crippen molar-refractivity contribution in [1.29, 1.82) is 0 Å². The zero-order valence-corrected chi connectivity index (χ0v) is 9.97. The fraction of sp³-hybridized carbons (Fsp3) is 0.667. The van der Waals surface area contributed by atoms with E-state index in [1.807, 2.05) is 0 Å². The summed E-state index contributed by atoms with van der Waals surface area (Å²) in [4.78, 5) is 14.0. The highest BCUT2D eigenvalue weighted by atomic mass is 16.6. The highest BCUT2D eigenvalue weighted by molar-refractivity contribution is 5.53. The summed E-state index contributed by atoms with van der Waals surface area (Å²) in [7, 11) is 1.63. The molecule has 0 saturated heterocycles. The van der Waals surface area contributed by atoms with E-state index < -0.39 is 17.1 Å². The molecule has 1 aromatic rings. The van der Waals surface area contributed by atoms with E-state index in [0.29, 0.717) is 5.82 Å². The Labute approximate surface area is 98.1 Å². The molecule has 0 aliphatic heterocycles. The minimum Gasteiger partial charge on any atom is -0.393 e. The maximum absolute atomic E-state index is 10.8. The van der Waals surface area contributed by atoms with Crippen LogP contribution >= 0.6 is 0 Å². The Balaban J connectivity index is 2.94. The van der Waals surface area contributed by atoms with Gasteiger partial charge in [-0.3, -0.25) is 4.57 Å². The molecule has 1 unspecified atom stereocenters. The molecule has 0 bridgehead atoms. The number of nitro groups is 1. The van der Waals surface area contributed by atoms with Gasteiger partial charge in [0.1, 0.15) is 5.60 Å². The summed E-state index contributed by atoms with van der Waals surface area (Å²) in [6, 6.07) is 0. The number of imidazole rings is 1. The van der Waals surface area contributed by atoms with Crippen molar-refractivity contribution in [3.8, 4) is 0 Å². The maximum Gasteiger partial charge on any atom is 0.406 e. The van der Waals surface area contributed by atoms with E-state index in [4.69, 9.17) is 5.11 Å². The molecule has 0 aromatic carbocycles. The minimum absolute atomic E-state index is 0.0106. The fourth-order valence-corrected chi connectivity index (χ4v) is 1.25. The molecule has 0 spiro atoms. The van der Waals surface area contributed by atoms with Gasteiger partial charge in [0.25, 0.3) is 0 Å². The van der Waals surface area contributed by atoms with Crippen LogP contribution in [-0.2, 0) is 7.05 Å². The lowest BCUT2D eigenvalue weighted by molar-refractivity contribution is -0.388. The summed E-state index contributed by atoms with van der Waals surface area (Å²) in [5.74, 6) is 0.405. The summed E-state index contributed by atoms with van der Waals surface area (Å²) in [5, 5.41) is 32.0. The number of hydrogen-bond donors (Lipinski definition) is 3. The van der Waals surface area contributed by atoms with E-state index in [9.17, 15) is 15.2 Å². The molecule has 96 valence electrons. The lowest BCUT2D eigenvalue weighted by Gasteiger charge is -2.20. The first-order chi connectivity index (χ1) is 7.78. The lowest BCUT2D eigenvalue weighted by Crippen LogP contribution is -2.37. The number of aliphatic hydroxyl groups excluding tert-OH is 1. The van der Waals surface area contributed by atoms with Crippen LogP contribution < -0.4 is 5.32 Å². The second-order valence-electron chi connectivity index (χ2n) is 4.16. The number of nitrogens with one attached hydrogen (secondary N) is 1. The quantitative estimate of drug-likeness (QED) is 0.488. The highest BCUT2D eigenvalue weighted by Crippen LogP contribution is 2.24. The molecule has 0 fully saturated rings. The average Bonchev–Trinajstić information content (AvgIpc) is 2.53. The molecular weight excluding hydrogens is 228 g/mol. The molecule has 1 atom stereocenters. The van der Waals surface area contributed by atoms with Crippen molar-refractivity contribution < 1.29 is 15.1 Å². The van der Waals surface area contributed by atoms with Crippen LogP contribution in [0.4, 0.5) is 11.6 Å². The first kappa shape index (κ1) is 13.4. The van der Waals surface area contributed by atoms with E-state index in [-0.39, 0.29) is 18.2 Å². The number of anilines is 1. The number of aromatic nitrogens is 2. The third-order valence-corrected chi connectivity index (χ3v) is 2.45. The Morgan fingerprint density at radius 2 is 2.24 bits per heavy atom.